The molecule has 0 unspecified atom stereocenters. The van der Waals surface area contributed by atoms with Crippen LogP contribution in [0, 0.1) is 0 Å². The normalized spacial score (nSPS) is 11.0. The lowest BCUT2D eigenvalue weighted by molar-refractivity contribution is 0.313. The third-order valence-corrected chi connectivity index (χ3v) is 4.76. The Kier molecular flexibility index (Phi) is 6.94. The predicted octanol–water partition coefficient (Wildman–Crippen LogP) is 6.30. The maximum atomic E-state index is 5.95. The highest BCUT2D eigenvalue weighted by molar-refractivity contribution is 7.99. The Labute approximate surface area is 133 Å². The van der Waals surface area contributed by atoms with Crippen molar-refractivity contribution in [1.82, 2.24) is 0 Å². The largest absolute Gasteiger partial charge is 0.493 e. The monoisotopic (exact) mass is 302 g/mol. The van der Waals surface area contributed by atoms with Gasteiger partial charge in [-0.2, -0.15) is 0 Å². The fourth-order valence-electron chi connectivity index (χ4n) is 2.36. The number of thioether (sulfide) groups is 1. The molecular weight excluding hydrogens is 276 g/mol. The van der Waals surface area contributed by atoms with Crippen molar-refractivity contribution >= 4 is 22.5 Å². The molecule has 0 fully saturated rings. The van der Waals surface area contributed by atoms with Crippen molar-refractivity contribution < 1.29 is 4.74 Å². The Bertz CT molecular complexity index is 550. The zero-order chi connectivity index (χ0) is 14.9. The van der Waals surface area contributed by atoms with Gasteiger partial charge in [-0.15, -0.1) is 11.8 Å². The zero-order valence-corrected chi connectivity index (χ0v) is 14.0. The lowest BCUT2D eigenvalue weighted by atomic mass is 10.1. The molecule has 2 aromatic carbocycles. The summed E-state index contributed by atoms with van der Waals surface area (Å²) in [6.07, 6.45) is 6.18. The molecule has 21 heavy (non-hydrogen) atoms. The van der Waals surface area contributed by atoms with Gasteiger partial charge in [-0.25, -0.2) is 0 Å². The van der Waals surface area contributed by atoms with Crippen molar-refractivity contribution in [2.75, 3.05) is 12.4 Å². The smallest absolute Gasteiger partial charge is 0.127 e. The summed E-state index contributed by atoms with van der Waals surface area (Å²) in [6, 6.07) is 13.0. The standard InChI is InChI=1S/C19H26OS/c1-3-5-9-15-21-19-13-12-18(20-14-6-4-2)16-10-7-8-11-17(16)19/h7-8,10-13H,3-6,9,14-15H2,1-2H3. The second kappa shape index (κ2) is 8.99. The van der Waals surface area contributed by atoms with Crippen molar-refractivity contribution in [2.45, 2.75) is 50.8 Å². The molecule has 0 aliphatic rings. The summed E-state index contributed by atoms with van der Waals surface area (Å²) >= 11 is 1.97. The summed E-state index contributed by atoms with van der Waals surface area (Å²) in [5.74, 6) is 2.23. The number of fused-ring (bicyclic) bond motifs is 1. The molecule has 0 amide bonds. The molecule has 0 radical (unpaired) electrons. The van der Waals surface area contributed by atoms with Gasteiger partial charge in [0.2, 0.25) is 0 Å². The number of benzene rings is 2. The van der Waals surface area contributed by atoms with E-state index in [1.54, 1.807) is 0 Å². The summed E-state index contributed by atoms with van der Waals surface area (Å²) < 4.78 is 5.95. The van der Waals surface area contributed by atoms with E-state index < -0.39 is 0 Å². The van der Waals surface area contributed by atoms with Gasteiger partial charge in [0, 0.05) is 10.3 Å². The molecule has 2 heteroatoms. The Hall–Kier alpha value is -1.15. The average molecular weight is 302 g/mol. The van der Waals surface area contributed by atoms with Crippen molar-refractivity contribution in [3.05, 3.63) is 36.4 Å². The van der Waals surface area contributed by atoms with Crippen LogP contribution in [0.2, 0.25) is 0 Å². The Morgan fingerprint density at radius 3 is 2.38 bits per heavy atom. The third-order valence-electron chi connectivity index (χ3n) is 3.60. The van der Waals surface area contributed by atoms with E-state index in [9.17, 15) is 0 Å². The van der Waals surface area contributed by atoms with Gasteiger partial charge in [-0.3, -0.25) is 0 Å². The lowest BCUT2D eigenvalue weighted by Gasteiger charge is -2.12. The lowest BCUT2D eigenvalue weighted by Crippen LogP contribution is -1.97. The topological polar surface area (TPSA) is 9.23 Å². The minimum absolute atomic E-state index is 0.809. The third kappa shape index (κ3) is 4.67. The fourth-order valence-corrected chi connectivity index (χ4v) is 3.42. The number of hydrogen-bond acceptors (Lipinski definition) is 2. The first-order valence-electron chi connectivity index (χ1n) is 8.14. The molecule has 0 N–H and O–H groups in total. The summed E-state index contributed by atoms with van der Waals surface area (Å²) in [5, 5.41) is 2.57. The summed E-state index contributed by atoms with van der Waals surface area (Å²) in [5.41, 5.74) is 0. The molecule has 0 aliphatic heterocycles. The molecule has 0 saturated heterocycles. The van der Waals surface area contributed by atoms with Crippen LogP contribution in [0.1, 0.15) is 46.0 Å². The van der Waals surface area contributed by atoms with Crippen molar-refractivity contribution in [3.8, 4) is 5.75 Å². The molecule has 0 spiro atoms. The van der Waals surface area contributed by atoms with Crippen LogP contribution in [-0.2, 0) is 0 Å². The molecular formula is C19H26OS. The summed E-state index contributed by atoms with van der Waals surface area (Å²) in [7, 11) is 0. The molecule has 2 rings (SSSR count). The molecule has 0 atom stereocenters. The Morgan fingerprint density at radius 2 is 1.62 bits per heavy atom. The molecule has 0 heterocycles. The van der Waals surface area contributed by atoms with E-state index in [2.05, 4.69) is 50.2 Å². The number of ether oxygens (including phenoxy) is 1. The van der Waals surface area contributed by atoms with Crippen LogP contribution in [-0.4, -0.2) is 12.4 Å². The minimum Gasteiger partial charge on any atom is -0.493 e. The van der Waals surface area contributed by atoms with E-state index in [4.69, 9.17) is 4.74 Å². The van der Waals surface area contributed by atoms with Crippen molar-refractivity contribution in [3.63, 3.8) is 0 Å². The molecule has 0 aromatic heterocycles. The predicted molar refractivity (Wildman–Crippen MR) is 94.6 cm³/mol. The molecule has 0 saturated carbocycles. The summed E-state index contributed by atoms with van der Waals surface area (Å²) in [4.78, 5) is 1.38. The van der Waals surface area contributed by atoms with Gasteiger partial charge in [0.1, 0.15) is 5.75 Å². The van der Waals surface area contributed by atoms with Crippen LogP contribution >= 0.6 is 11.8 Å². The molecule has 1 nitrogen and oxygen atoms in total. The zero-order valence-electron chi connectivity index (χ0n) is 13.2. The first-order chi connectivity index (χ1) is 10.4. The maximum absolute atomic E-state index is 5.95. The molecule has 0 bridgehead atoms. The van der Waals surface area contributed by atoms with E-state index in [-0.39, 0.29) is 0 Å². The molecule has 2 aromatic rings. The van der Waals surface area contributed by atoms with Gasteiger partial charge in [-0.05, 0) is 36.1 Å². The number of rotatable bonds is 9. The van der Waals surface area contributed by atoms with E-state index in [1.807, 2.05) is 11.8 Å². The second-order valence-electron chi connectivity index (χ2n) is 5.37. The Morgan fingerprint density at radius 1 is 0.857 bits per heavy atom. The van der Waals surface area contributed by atoms with Crippen LogP contribution in [0.5, 0.6) is 5.75 Å². The fraction of sp³-hybridized carbons (Fsp3) is 0.474. The Balaban J connectivity index is 2.14. The SMILES string of the molecule is CCCCCSc1ccc(OCCCC)c2ccccc12. The highest BCUT2D eigenvalue weighted by Gasteiger charge is 2.07. The second-order valence-corrected chi connectivity index (χ2v) is 6.50. The van der Waals surface area contributed by atoms with Gasteiger partial charge < -0.3 is 4.74 Å². The van der Waals surface area contributed by atoms with E-state index >= 15 is 0 Å². The first kappa shape index (κ1) is 16.2. The van der Waals surface area contributed by atoms with Crippen molar-refractivity contribution in [1.29, 1.82) is 0 Å². The molecule has 114 valence electrons. The van der Waals surface area contributed by atoms with E-state index in [0.29, 0.717) is 0 Å². The first-order valence-corrected chi connectivity index (χ1v) is 9.12. The highest BCUT2D eigenvalue weighted by atomic mass is 32.2. The van der Waals surface area contributed by atoms with Gasteiger partial charge in [0.05, 0.1) is 6.61 Å². The maximum Gasteiger partial charge on any atom is 0.127 e. The van der Waals surface area contributed by atoms with Gasteiger partial charge in [0.25, 0.3) is 0 Å². The summed E-state index contributed by atoms with van der Waals surface area (Å²) in [6.45, 7) is 5.25. The number of unbranched alkanes of at least 4 members (excludes halogenated alkanes) is 3. The average Bonchev–Trinajstić information content (AvgIpc) is 2.53. The van der Waals surface area contributed by atoms with Crippen LogP contribution in [0.15, 0.2) is 41.3 Å². The molecule has 0 aliphatic carbocycles. The van der Waals surface area contributed by atoms with Crippen LogP contribution < -0.4 is 4.74 Å². The number of hydrogen-bond donors (Lipinski definition) is 0. The van der Waals surface area contributed by atoms with Crippen molar-refractivity contribution in [2.24, 2.45) is 0 Å². The van der Waals surface area contributed by atoms with Crippen LogP contribution in [0.4, 0.5) is 0 Å². The van der Waals surface area contributed by atoms with Gasteiger partial charge >= 0.3 is 0 Å². The van der Waals surface area contributed by atoms with Crippen LogP contribution in [0.3, 0.4) is 0 Å². The quantitative estimate of drug-likeness (QED) is 0.397. The van der Waals surface area contributed by atoms with E-state index in [0.717, 1.165) is 18.8 Å². The van der Waals surface area contributed by atoms with Gasteiger partial charge in [0.15, 0.2) is 0 Å². The minimum atomic E-state index is 0.809. The van der Waals surface area contributed by atoms with Crippen LogP contribution in [0.25, 0.3) is 10.8 Å². The van der Waals surface area contributed by atoms with E-state index in [1.165, 1.54) is 47.1 Å². The highest BCUT2D eigenvalue weighted by Crippen LogP contribution is 2.34. The van der Waals surface area contributed by atoms with Gasteiger partial charge in [-0.1, -0.05) is 57.4 Å².